The number of benzene rings is 5. The predicted octanol–water partition coefficient (Wildman–Crippen LogP) is 8.15. The molecular weight excluding hydrogens is 490 g/mol. The third-order valence-corrected chi connectivity index (χ3v) is 6.89. The van der Waals surface area contributed by atoms with Gasteiger partial charge < -0.3 is 0 Å². The first-order valence-corrected chi connectivity index (χ1v) is 13.1. The third-order valence-electron chi connectivity index (χ3n) is 6.89. The Morgan fingerprint density at radius 1 is 0.375 bits per heavy atom. The van der Waals surface area contributed by atoms with Crippen LogP contribution in [0, 0.1) is 0 Å². The third kappa shape index (κ3) is 4.72. The van der Waals surface area contributed by atoms with Gasteiger partial charge in [0.15, 0.2) is 17.5 Å². The highest BCUT2D eigenvalue weighted by Gasteiger charge is 2.13. The lowest BCUT2D eigenvalue weighted by molar-refractivity contribution is 1.07. The fourth-order valence-electron chi connectivity index (χ4n) is 4.80. The Balaban J connectivity index is 1.29. The lowest BCUT2D eigenvalue weighted by atomic mass is 9.98. The molecule has 2 heterocycles. The monoisotopic (exact) mass is 513 g/mol. The van der Waals surface area contributed by atoms with Crippen LogP contribution in [-0.2, 0) is 0 Å². The van der Waals surface area contributed by atoms with Crippen LogP contribution in [0.25, 0.3) is 67.3 Å². The summed E-state index contributed by atoms with van der Waals surface area (Å²) in [6.07, 6.45) is 3.33. The molecule has 40 heavy (non-hydrogen) atoms. The number of aromatic nitrogens is 5. The van der Waals surface area contributed by atoms with E-state index >= 15 is 0 Å². The largest absolute Gasteiger partial charge is 0.245 e. The lowest BCUT2D eigenvalue weighted by Crippen LogP contribution is -2.00. The normalized spacial score (nSPS) is 11.0. The summed E-state index contributed by atoms with van der Waals surface area (Å²) in [4.78, 5) is 23.0. The van der Waals surface area contributed by atoms with Crippen molar-refractivity contribution in [1.82, 2.24) is 24.9 Å². The first-order chi connectivity index (χ1) is 19.8. The zero-order chi connectivity index (χ0) is 26.7. The maximum Gasteiger partial charge on any atom is 0.164 e. The van der Waals surface area contributed by atoms with E-state index in [1.165, 1.54) is 0 Å². The maximum atomic E-state index is 4.89. The van der Waals surface area contributed by atoms with Crippen molar-refractivity contribution in [3.63, 3.8) is 0 Å². The lowest BCUT2D eigenvalue weighted by Gasteiger charge is -2.10. The summed E-state index contributed by atoms with van der Waals surface area (Å²) in [6, 6.07) is 43.4. The molecule has 5 aromatic carbocycles. The molecular formula is C35H23N5. The van der Waals surface area contributed by atoms with Gasteiger partial charge >= 0.3 is 0 Å². The van der Waals surface area contributed by atoms with Gasteiger partial charge in [0, 0.05) is 28.5 Å². The van der Waals surface area contributed by atoms with Gasteiger partial charge in [0.25, 0.3) is 0 Å². The Morgan fingerprint density at radius 2 is 0.900 bits per heavy atom. The SMILES string of the molecule is c1ccc(-c2nc(-c3ccccc3)nc(-c3ccc4ccc(-c5ccc(-c6ccncn6)cc5)cc4c3)n2)cc1. The molecule has 2 aromatic heterocycles. The highest BCUT2D eigenvalue weighted by atomic mass is 15.0. The van der Waals surface area contributed by atoms with E-state index in [1.807, 2.05) is 66.7 Å². The van der Waals surface area contributed by atoms with Crippen LogP contribution in [0.2, 0.25) is 0 Å². The van der Waals surface area contributed by atoms with Crippen LogP contribution in [0.5, 0.6) is 0 Å². The van der Waals surface area contributed by atoms with Crippen LogP contribution < -0.4 is 0 Å². The summed E-state index contributed by atoms with van der Waals surface area (Å²) in [7, 11) is 0. The van der Waals surface area contributed by atoms with Crippen LogP contribution >= 0.6 is 0 Å². The van der Waals surface area contributed by atoms with Crippen molar-refractivity contribution >= 4 is 10.8 Å². The van der Waals surface area contributed by atoms with Gasteiger partial charge in [-0.2, -0.15) is 0 Å². The summed E-state index contributed by atoms with van der Waals surface area (Å²) < 4.78 is 0. The Labute approximate surface area is 231 Å². The molecule has 0 spiro atoms. The van der Waals surface area contributed by atoms with Gasteiger partial charge in [-0.15, -0.1) is 0 Å². The summed E-state index contributed by atoms with van der Waals surface area (Å²) in [6.45, 7) is 0. The molecule has 5 heteroatoms. The Morgan fingerprint density at radius 3 is 1.50 bits per heavy atom. The summed E-state index contributed by atoms with van der Waals surface area (Å²) >= 11 is 0. The summed E-state index contributed by atoms with van der Waals surface area (Å²) in [5, 5.41) is 2.28. The van der Waals surface area contributed by atoms with Crippen molar-refractivity contribution in [2.45, 2.75) is 0 Å². The molecule has 0 amide bonds. The van der Waals surface area contributed by atoms with E-state index in [0.29, 0.717) is 17.5 Å². The van der Waals surface area contributed by atoms with Crippen LogP contribution in [0.1, 0.15) is 0 Å². The van der Waals surface area contributed by atoms with E-state index in [4.69, 9.17) is 15.0 Å². The van der Waals surface area contributed by atoms with Crippen molar-refractivity contribution in [2.24, 2.45) is 0 Å². The number of rotatable bonds is 5. The zero-order valence-corrected chi connectivity index (χ0v) is 21.5. The minimum Gasteiger partial charge on any atom is -0.245 e. The molecule has 0 aliphatic carbocycles. The maximum absolute atomic E-state index is 4.89. The Bertz CT molecular complexity index is 1860. The smallest absolute Gasteiger partial charge is 0.164 e. The van der Waals surface area contributed by atoms with Crippen LogP contribution in [0.15, 0.2) is 140 Å². The van der Waals surface area contributed by atoms with Gasteiger partial charge in [-0.05, 0) is 40.1 Å². The van der Waals surface area contributed by atoms with E-state index in [1.54, 1.807) is 12.5 Å². The average Bonchev–Trinajstić information content (AvgIpc) is 3.05. The minimum atomic E-state index is 0.647. The number of hydrogen-bond acceptors (Lipinski definition) is 5. The van der Waals surface area contributed by atoms with Crippen LogP contribution in [0.3, 0.4) is 0 Å². The fraction of sp³-hybridized carbons (Fsp3) is 0. The van der Waals surface area contributed by atoms with Gasteiger partial charge in [0.2, 0.25) is 0 Å². The Kier molecular flexibility index (Phi) is 6.07. The molecule has 5 nitrogen and oxygen atoms in total. The minimum absolute atomic E-state index is 0.647. The van der Waals surface area contributed by atoms with E-state index < -0.39 is 0 Å². The molecule has 0 saturated heterocycles. The fourth-order valence-corrected chi connectivity index (χ4v) is 4.80. The molecule has 7 rings (SSSR count). The van der Waals surface area contributed by atoms with Crippen molar-refractivity contribution in [1.29, 1.82) is 0 Å². The second-order valence-corrected chi connectivity index (χ2v) is 9.49. The quantitative estimate of drug-likeness (QED) is 0.232. The van der Waals surface area contributed by atoms with E-state index in [-0.39, 0.29) is 0 Å². The number of fused-ring (bicyclic) bond motifs is 1. The van der Waals surface area contributed by atoms with Crippen molar-refractivity contribution < 1.29 is 0 Å². The first kappa shape index (κ1) is 23.6. The van der Waals surface area contributed by atoms with Crippen LogP contribution in [0.4, 0.5) is 0 Å². The van der Waals surface area contributed by atoms with Crippen LogP contribution in [-0.4, -0.2) is 24.9 Å². The second kappa shape index (κ2) is 10.3. The van der Waals surface area contributed by atoms with Gasteiger partial charge in [-0.25, -0.2) is 24.9 Å². The van der Waals surface area contributed by atoms with Gasteiger partial charge in [0.1, 0.15) is 6.33 Å². The highest BCUT2D eigenvalue weighted by Crippen LogP contribution is 2.30. The molecule has 0 fully saturated rings. The number of hydrogen-bond donors (Lipinski definition) is 0. The topological polar surface area (TPSA) is 64.5 Å². The Hall–Kier alpha value is -5.55. The highest BCUT2D eigenvalue weighted by molar-refractivity contribution is 5.90. The molecule has 7 aromatic rings. The molecule has 0 bridgehead atoms. The molecule has 0 atom stereocenters. The molecule has 0 unspecified atom stereocenters. The predicted molar refractivity (Wildman–Crippen MR) is 160 cm³/mol. The summed E-state index contributed by atoms with van der Waals surface area (Å²) in [5.74, 6) is 1.96. The molecule has 0 aliphatic heterocycles. The molecule has 0 saturated carbocycles. The average molecular weight is 514 g/mol. The first-order valence-electron chi connectivity index (χ1n) is 13.1. The molecule has 0 N–H and O–H groups in total. The van der Waals surface area contributed by atoms with Gasteiger partial charge in [-0.1, -0.05) is 109 Å². The van der Waals surface area contributed by atoms with Crippen molar-refractivity contribution in [2.75, 3.05) is 0 Å². The molecule has 0 radical (unpaired) electrons. The number of nitrogens with zero attached hydrogens (tertiary/aromatic N) is 5. The molecule has 0 aliphatic rings. The van der Waals surface area contributed by atoms with E-state index in [2.05, 4.69) is 70.6 Å². The summed E-state index contributed by atoms with van der Waals surface area (Å²) in [5.41, 5.74) is 7.11. The van der Waals surface area contributed by atoms with Gasteiger partial charge in [-0.3, -0.25) is 0 Å². The second-order valence-electron chi connectivity index (χ2n) is 9.49. The van der Waals surface area contributed by atoms with E-state index in [0.717, 1.165) is 49.8 Å². The van der Waals surface area contributed by atoms with E-state index in [9.17, 15) is 0 Å². The zero-order valence-electron chi connectivity index (χ0n) is 21.5. The van der Waals surface area contributed by atoms with Crippen molar-refractivity contribution in [3.05, 3.63) is 140 Å². The molecule has 188 valence electrons. The standard InChI is InChI=1S/C35H23N5/c1-3-7-27(8-4-1)33-38-34(28-9-5-2-6-10-28)40-35(39-33)30-18-14-25-13-17-29(21-31(25)22-30)24-11-15-26(16-12-24)32-19-20-36-23-37-32/h1-23H. The van der Waals surface area contributed by atoms with Crippen molar-refractivity contribution in [3.8, 4) is 56.5 Å². The van der Waals surface area contributed by atoms with Gasteiger partial charge in [0.05, 0.1) is 5.69 Å².